The minimum atomic E-state index is -4.66. The number of hydrogen-bond donors (Lipinski definition) is 2. The number of rotatable bonds is 8. The van der Waals surface area contributed by atoms with E-state index in [1.807, 2.05) is 23.3 Å². The van der Waals surface area contributed by atoms with Crippen LogP contribution in [-0.2, 0) is 10.9 Å². The summed E-state index contributed by atoms with van der Waals surface area (Å²) in [5.74, 6) is 1.98. The van der Waals surface area contributed by atoms with Crippen LogP contribution in [0.25, 0.3) is 11.3 Å². The highest BCUT2D eigenvalue weighted by Gasteiger charge is 2.35. The average molecular weight is 584 g/mol. The van der Waals surface area contributed by atoms with Crippen molar-refractivity contribution in [1.29, 1.82) is 0 Å². The minimum absolute atomic E-state index is 0.0483. The van der Waals surface area contributed by atoms with Gasteiger partial charge in [-0.1, -0.05) is 0 Å². The smallest absolute Gasteiger partial charge is 0.417 e. The Balaban J connectivity index is 1.46. The number of nitrogens with two attached hydrogens (primary N) is 1. The molecule has 2 aliphatic heterocycles. The van der Waals surface area contributed by atoms with Crippen LogP contribution in [0.1, 0.15) is 19.4 Å². The molecule has 1 saturated heterocycles. The number of alkyl halides is 3. The summed E-state index contributed by atoms with van der Waals surface area (Å²) >= 11 is 0. The molecule has 0 atom stereocenters. The third kappa shape index (κ3) is 6.68. The molecular weight excluding hydrogens is 551 g/mol. The predicted molar refractivity (Wildman–Crippen MR) is 154 cm³/mol. The molecule has 0 spiro atoms. The van der Waals surface area contributed by atoms with E-state index in [4.69, 9.17) is 19.9 Å². The third-order valence-corrected chi connectivity index (χ3v) is 6.78. The van der Waals surface area contributed by atoms with Crippen molar-refractivity contribution in [2.75, 3.05) is 55.9 Å². The van der Waals surface area contributed by atoms with E-state index in [1.165, 1.54) is 13.2 Å². The lowest BCUT2D eigenvalue weighted by atomic mass is 10.1. The normalized spacial score (nSPS) is 15.5. The third-order valence-electron chi connectivity index (χ3n) is 6.78. The van der Waals surface area contributed by atoms with Gasteiger partial charge in [-0.15, -0.1) is 0 Å². The summed E-state index contributed by atoms with van der Waals surface area (Å²) in [5.41, 5.74) is 5.08. The second-order valence-corrected chi connectivity index (χ2v) is 10.00. The van der Waals surface area contributed by atoms with Crippen molar-refractivity contribution in [3.63, 3.8) is 0 Å². The number of morpholine rings is 1. The molecule has 0 aliphatic carbocycles. The van der Waals surface area contributed by atoms with E-state index in [0.717, 1.165) is 18.8 Å². The molecule has 10 nitrogen and oxygen atoms in total. The molecule has 3 aromatic rings. The number of hydrogen-bond acceptors (Lipinski definition) is 10. The Morgan fingerprint density at radius 1 is 1.07 bits per heavy atom. The molecule has 2 aromatic heterocycles. The first-order chi connectivity index (χ1) is 20.1. The van der Waals surface area contributed by atoms with E-state index in [0.29, 0.717) is 55.3 Å². The number of halogens is 3. The standard InChI is InChI=1S/C29H32F3N7O3/c1-18(2)38-8-6-20(7-9-38)42-24-5-4-19(14-25(24)40-3)35-27-16-23(36-28(37-27)39-10-12-41-13-11-39)21-17-34-26(33)15-22(21)29(30,31)32/h4-8,14-18H,9-13H2,1-3H3,(H2,33,34)(H,35,36,37). The van der Waals surface area contributed by atoms with Crippen LogP contribution in [0.5, 0.6) is 11.5 Å². The summed E-state index contributed by atoms with van der Waals surface area (Å²) in [6.45, 7) is 6.85. The molecular formula is C29H32F3N7O3. The zero-order valence-electron chi connectivity index (χ0n) is 23.5. The molecule has 0 saturated carbocycles. The molecule has 4 heterocycles. The van der Waals surface area contributed by atoms with E-state index in [2.05, 4.69) is 39.0 Å². The van der Waals surface area contributed by atoms with Crippen molar-refractivity contribution < 1.29 is 27.4 Å². The molecule has 13 heteroatoms. The molecule has 0 bridgehead atoms. The summed E-state index contributed by atoms with van der Waals surface area (Å²) < 4.78 is 58.9. The molecule has 3 N–H and O–H groups in total. The van der Waals surface area contributed by atoms with E-state index in [1.54, 1.807) is 18.2 Å². The Labute approximate surface area is 241 Å². The maximum Gasteiger partial charge on any atom is 0.417 e. The highest BCUT2D eigenvalue weighted by atomic mass is 19.4. The fourth-order valence-corrected chi connectivity index (χ4v) is 4.51. The Hall–Kier alpha value is -4.52. The lowest BCUT2D eigenvalue weighted by Crippen LogP contribution is -2.37. The first kappa shape index (κ1) is 29.0. The maximum absolute atomic E-state index is 14.0. The van der Waals surface area contributed by atoms with Crippen molar-refractivity contribution >= 4 is 23.3 Å². The molecule has 0 amide bonds. The Morgan fingerprint density at radius 3 is 2.52 bits per heavy atom. The number of methoxy groups -OCH3 is 1. The van der Waals surface area contributed by atoms with Crippen molar-refractivity contribution in [3.8, 4) is 22.8 Å². The highest BCUT2D eigenvalue weighted by Crippen LogP contribution is 2.39. The fourth-order valence-electron chi connectivity index (χ4n) is 4.51. The van der Waals surface area contributed by atoms with E-state index in [-0.39, 0.29) is 28.8 Å². The summed E-state index contributed by atoms with van der Waals surface area (Å²) in [4.78, 5) is 17.0. The summed E-state index contributed by atoms with van der Waals surface area (Å²) in [6, 6.07) is 7.88. The van der Waals surface area contributed by atoms with Crippen LogP contribution in [0.3, 0.4) is 0 Å². The lowest BCUT2D eigenvalue weighted by Gasteiger charge is -2.27. The van der Waals surface area contributed by atoms with E-state index < -0.39 is 11.7 Å². The first-order valence-electron chi connectivity index (χ1n) is 13.4. The van der Waals surface area contributed by atoms with Gasteiger partial charge in [0.15, 0.2) is 11.5 Å². The largest absolute Gasteiger partial charge is 0.493 e. The topological polar surface area (TPSA) is 111 Å². The van der Waals surface area contributed by atoms with Crippen LogP contribution in [0.15, 0.2) is 60.6 Å². The van der Waals surface area contributed by atoms with Gasteiger partial charge >= 0.3 is 6.18 Å². The SMILES string of the molecule is COc1cc(Nc2cc(-c3cnc(N)cc3C(F)(F)F)nc(N3CCOCC3)n2)ccc1OC1=CCN(C(C)C)C=C1. The van der Waals surface area contributed by atoms with Crippen LogP contribution < -0.4 is 25.4 Å². The highest BCUT2D eigenvalue weighted by molar-refractivity contribution is 5.71. The van der Waals surface area contributed by atoms with E-state index in [9.17, 15) is 13.2 Å². The maximum atomic E-state index is 14.0. The second kappa shape index (κ2) is 12.1. The Kier molecular flexibility index (Phi) is 8.39. The molecule has 1 fully saturated rings. The number of benzene rings is 1. The number of anilines is 4. The first-order valence-corrected chi connectivity index (χ1v) is 13.4. The van der Waals surface area contributed by atoms with Crippen LogP contribution in [0.4, 0.5) is 36.4 Å². The van der Waals surface area contributed by atoms with Crippen LogP contribution in [-0.4, -0.2) is 65.9 Å². The van der Waals surface area contributed by atoms with Gasteiger partial charge in [-0.3, -0.25) is 0 Å². The molecule has 222 valence electrons. The number of allylic oxidation sites excluding steroid dienone is 1. The van der Waals surface area contributed by atoms with Gasteiger partial charge in [0.2, 0.25) is 5.95 Å². The monoisotopic (exact) mass is 583 g/mol. The quantitative estimate of drug-likeness (QED) is 0.366. The van der Waals surface area contributed by atoms with Crippen molar-refractivity contribution in [3.05, 3.63) is 66.2 Å². The van der Waals surface area contributed by atoms with Crippen LogP contribution in [0.2, 0.25) is 0 Å². The second-order valence-electron chi connectivity index (χ2n) is 10.00. The number of ether oxygens (including phenoxy) is 3. The van der Waals surface area contributed by atoms with Gasteiger partial charge in [-0.2, -0.15) is 18.2 Å². The van der Waals surface area contributed by atoms with E-state index >= 15 is 0 Å². The molecule has 0 unspecified atom stereocenters. The van der Waals surface area contributed by atoms with Crippen molar-refractivity contribution in [1.82, 2.24) is 19.9 Å². The van der Waals surface area contributed by atoms with Crippen molar-refractivity contribution in [2.45, 2.75) is 26.1 Å². The molecule has 42 heavy (non-hydrogen) atoms. The van der Waals surface area contributed by atoms with Gasteiger partial charge in [0.05, 0.1) is 31.6 Å². The minimum Gasteiger partial charge on any atom is -0.493 e. The molecule has 0 radical (unpaired) electrons. The van der Waals surface area contributed by atoms with Crippen LogP contribution in [0, 0.1) is 0 Å². The Morgan fingerprint density at radius 2 is 1.86 bits per heavy atom. The average Bonchev–Trinajstić information content (AvgIpc) is 2.98. The molecule has 1 aromatic carbocycles. The van der Waals surface area contributed by atoms with Gasteiger partial charge < -0.3 is 35.1 Å². The molecule has 2 aliphatic rings. The van der Waals surface area contributed by atoms with Gasteiger partial charge in [0, 0.05) is 61.5 Å². The summed E-state index contributed by atoms with van der Waals surface area (Å²) in [6.07, 6.45) is 2.29. The number of nitrogens with zero attached hydrogens (tertiary/aromatic N) is 5. The lowest BCUT2D eigenvalue weighted by molar-refractivity contribution is -0.137. The Bertz CT molecular complexity index is 1490. The number of nitrogen functional groups attached to an aromatic ring is 1. The predicted octanol–water partition coefficient (Wildman–Crippen LogP) is 5.23. The summed E-state index contributed by atoms with van der Waals surface area (Å²) in [5, 5.41) is 3.18. The molecule has 5 rings (SSSR count). The fraction of sp³-hybridized carbons (Fsp3) is 0.345. The van der Waals surface area contributed by atoms with Gasteiger partial charge in [-0.25, -0.2) is 9.97 Å². The zero-order valence-corrected chi connectivity index (χ0v) is 23.5. The number of aromatic nitrogens is 3. The van der Waals surface area contributed by atoms with Gasteiger partial charge in [-0.05, 0) is 44.2 Å². The number of nitrogens with one attached hydrogen (secondary N) is 1. The van der Waals surface area contributed by atoms with Gasteiger partial charge in [0.25, 0.3) is 0 Å². The zero-order chi connectivity index (χ0) is 29.9. The summed E-state index contributed by atoms with van der Waals surface area (Å²) in [7, 11) is 1.53. The van der Waals surface area contributed by atoms with Gasteiger partial charge in [0.1, 0.15) is 17.4 Å². The van der Waals surface area contributed by atoms with Crippen LogP contribution >= 0.6 is 0 Å². The van der Waals surface area contributed by atoms with Crippen molar-refractivity contribution in [2.24, 2.45) is 0 Å². The number of pyridine rings is 1.